The minimum absolute atomic E-state index is 0.139. The number of rotatable bonds is 5. The number of aryl methyl sites for hydroxylation is 1. The van der Waals surface area contributed by atoms with Crippen LogP contribution in [0.4, 0.5) is 0 Å². The summed E-state index contributed by atoms with van der Waals surface area (Å²) in [6, 6.07) is 18.1. The highest BCUT2D eigenvalue weighted by molar-refractivity contribution is 5.94. The SMILES string of the molecule is Cc1ccc(C(=O)N2CCN(CCn3ccnc3-c3ccccc3)CC2)cc1. The van der Waals surface area contributed by atoms with Crippen molar-refractivity contribution in [2.45, 2.75) is 13.5 Å². The Balaban J connectivity index is 1.30. The zero-order valence-corrected chi connectivity index (χ0v) is 16.3. The summed E-state index contributed by atoms with van der Waals surface area (Å²) < 4.78 is 2.21. The lowest BCUT2D eigenvalue weighted by Gasteiger charge is -2.35. The van der Waals surface area contributed by atoms with Crippen LogP contribution >= 0.6 is 0 Å². The Bertz CT molecular complexity index is 909. The van der Waals surface area contributed by atoms with E-state index in [0.29, 0.717) is 0 Å². The fraction of sp³-hybridized carbons (Fsp3) is 0.304. The fourth-order valence-corrected chi connectivity index (χ4v) is 3.64. The van der Waals surface area contributed by atoms with Gasteiger partial charge >= 0.3 is 0 Å². The van der Waals surface area contributed by atoms with Crippen LogP contribution in [0.25, 0.3) is 11.4 Å². The first-order chi connectivity index (χ1) is 13.7. The Morgan fingerprint density at radius 2 is 1.64 bits per heavy atom. The van der Waals surface area contributed by atoms with Crippen LogP contribution in [0.3, 0.4) is 0 Å². The van der Waals surface area contributed by atoms with Gasteiger partial charge in [-0.05, 0) is 19.1 Å². The molecule has 1 aliphatic rings. The van der Waals surface area contributed by atoms with Gasteiger partial charge in [0.1, 0.15) is 5.82 Å². The van der Waals surface area contributed by atoms with E-state index in [1.807, 2.05) is 66.7 Å². The Morgan fingerprint density at radius 1 is 0.929 bits per heavy atom. The molecule has 1 aliphatic heterocycles. The molecule has 0 saturated carbocycles. The molecular formula is C23H26N4O. The lowest BCUT2D eigenvalue weighted by atomic mass is 10.1. The molecule has 4 rings (SSSR count). The van der Waals surface area contributed by atoms with Crippen LogP contribution in [0.15, 0.2) is 67.0 Å². The molecule has 0 N–H and O–H groups in total. The highest BCUT2D eigenvalue weighted by atomic mass is 16.2. The molecular weight excluding hydrogens is 348 g/mol. The van der Waals surface area contributed by atoms with E-state index in [1.54, 1.807) is 0 Å². The third-order valence-corrected chi connectivity index (χ3v) is 5.36. The summed E-state index contributed by atoms with van der Waals surface area (Å²) in [6.45, 7) is 7.28. The van der Waals surface area contributed by atoms with Crippen LogP contribution in [0, 0.1) is 6.92 Å². The lowest BCUT2D eigenvalue weighted by molar-refractivity contribution is 0.0633. The van der Waals surface area contributed by atoms with Gasteiger partial charge in [0.05, 0.1) is 0 Å². The van der Waals surface area contributed by atoms with Gasteiger partial charge in [0.15, 0.2) is 0 Å². The van der Waals surface area contributed by atoms with Crippen molar-refractivity contribution in [1.29, 1.82) is 0 Å². The number of benzene rings is 2. The molecule has 1 fully saturated rings. The summed E-state index contributed by atoms with van der Waals surface area (Å²) in [5.74, 6) is 1.15. The van der Waals surface area contributed by atoms with Crippen molar-refractivity contribution in [2.24, 2.45) is 0 Å². The smallest absolute Gasteiger partial charge is 0.253 e. The number of amides is 1. The van der Waals surface area contributed by atoms with E-state index in [4.69, 9.17) is 0 Å². The van der Waals surface area contributed by atoms with Crippen molar-refractivity contribution in [2.75, 3.05) is 32.7 Å². The van der Waals surface area contributed by atoms with Crippen LogP contribution < -0.4 is 0 Å². The minimum Gasteiger partial charge on any atom is -0.336 e. The molecule has 1 aromatic heterocycles. The van der Waals surface area contributed by atoms with Gasteiger partial charge in [-0.3, -0.25) is 9.69 Å². The van der Waals surface area contributed by atoms with Gasteiger partial charge in [-0.15, -0.1) is 0 Å². The predicted molar refractivity (Wildman–Crippen MR) is 111 cm³/mol. The molecule has 0 unspecified atom stereocenters. The number of imidazole rings is 1. The molecule has 144 valence electrons. The third-order valence-electron chi connectivity index (χ3n) is 5.36. The number of carbonyl (C=O) groups excluding carboxylic acids is 1. The number of carbonyl (C=O) groups is 1. The topological polar surface area (TPSA) is 41.4 Å². The Labute approximate surface area is 166 Å². The maximum absolute atomic E-state index is 12.7. The van der Waals surface area contributed by atoms with E-state index in [2.05, 4.69) is 26.6 Å². The van der Waals surface area contributed by atoms with Gasteiger partial charge in [0.2, 0.25) is 0 Å². The first-order valence-corrected chi connectivity index (χ1v) is 9.85. The molecule has 0 spiro atoms. The normalized spacial score (nSPS) is 15.0. The van der Waals surface area contributed by atoms with Crippen molar-refractivity contribution in [3.05, 3.63) is 78.1 Å². The van der Waals surface area contributed by atoms with Crippen LogP contribution in [0.1, 0.15) is 15.9 Å². The fourth-order valence-electron chi connectivity index (χ4n) is 3.64. The summed E-state index contributed by atoms with van der Waals surface area (Å²) in [5, 5.41) is 0. The van der Waals surface area contributed by atoms with Crippen molar-refractivity contribution in [3.63, 3.8) is 0 Å². The quantitative estimate of drug-likeness (QED) is 0.688. The average molecular weight is 374 g/mol. The largest absolute Gasteiger partial charge is 0.336 e. The van der Waals surface area contributed by atoms with Gasteiger partial charge in [0.25, 0.3) is 5.91 Å². The van der Waals surface area contributed by atoms with Crippen molar-refractivity contribution in [3.8, 4) is 11.4 Å². The second-order valence-electron chi connectivity index (χ2n) is 7.31. The molecule has 0 aliphatic carbocycles. The van der Waals surface area contributed by atoms with E-state index >= 15 is 0 Å². The van der Waals surface area contributed by atoms with Crippen LogP contribution in [0.5, 0.6) is 0 Å². The Hall–Kier alpha value is -2.92. The first kappa shape index (κ1) is 18.4. The second-order valence-corrected chi connectivity index (χ2v) is 7.31. The third kappa shape index (κ3) is 4.15. The molecule has 3 aromatic rings. The monoisotopic (exact) mass is 374 g/mol. The standard InChI is InChI=1S/C23H26N4O/c1-19-7-9-21(10-8-19)23(28)27-17-14-25(15-18-27)13-16-26-12-11-24-22(26)20-5-3-2-4-6-20/h2-12H,13-18H2,1H3. The number of piperazine rings is 1. The highest BCUT2D eigenvalue weighted by Gasteiger charge is 2.22. The molecule has 0 radical (unpaired) electrons. The summed E-state index contributed by atoms with van der Waals surface area (Å²) in [5.41, 5.74) is 3.10. The first-order valence-electron chi connectivity index (χ1n) is 9.85. The van der Waals surface area contributed by atoms with Crippen LogP contribution in [0.2, 0.25) is 0 Å². The van der Waals surface area contributed by atoms with E-state index in [1.165, 1.54) is 5.56 Å². The molecule has 1 saturated heterocycles. The lowest BCUT2D eigenvalue weighted by Crippen LogP contribution is -2.49. The van der Waals surface area contributed by atoms with Crippen molar-refractivity contribution in [1.82, 2.24) is 19.4 Å². The summed E-state index contributed by atoms with van der Waals surface area (Å²) in [4.78, 5) is 21.6. The van der Waals surface area contributed by atoms with Crippen molar-refractivity contribution >= 4 is 5.91 Å². The minimum atomic E-state index is 0.139. The van der Waals surface area contributed by atoms with Crippen LogP contribution in [-0.4, -0.2) is 58.0 Å². The molecule has 5 nitrogen and oxygen atoms in total. The number of aromatic nitrogens is 2. The van der Waals surface area contributed by atoms with E-state index in [9.17, 15) is 4.79 Å². The molecule has 1 amide bonds. The zero-order valence-electron chi connectivity index (χ0n) is 16.3. The van der Waals surface area contributed by atoms with Crippen LogP contribution in [-0.2, 0) is 6.54 Å². The predicted octanol–water partition coefficient (Wildman–Crippen LogP) is 3.32. The Morgan fingerprint density at radius 3 is 2.36 bits per heavy atom. The van der Waals surface area contributed by atoms with Gasteiger partial charge < -0.3 is 9.47 Å². The molecule has 2 aromatic carbocycles. The van der Waals surface area contributed by atoms with Gasteiger partial charge in [-0.25, -0.2) is 4.98 Å². The number of hydrogen-bond acceptors (Lipinski definition) is 3. The molecule has 2 heterocycles. The van der Waals surface area contributed by atoms with E-state index < -0.39 is 0 Å². The zero-order chi connectivity index (χ0) is 19.3. The molecule has 0 bridgehead atoms. The maximum Gasteiger partial charge on any atom is 0.253 e. The molecule has 0 atom stereocenters. The number of nitrogens with zero attached hydrogens (tertiary/aromatic N) is 4. The summed E-state index contributed by atoms with van der Waals surface area (Å²) >= 11 is 0. The Kier molecular flexibility index (Phi) is 5.53. The number of hydrogen-bond donors (Lipinski definition) is 0. The summed E-state index contributed by atoms with van der Waals surface area (Å²) in [7, 11) is 0. The second kappa shape index (κ2) is 8.40. The van der Waals surface area contributed by atoms with Gasteiger partial charge in [-0.1, -0.05) is 48.0 Å². The summed E-state index contributed by atoms with van der Waals surface area (Å²) in [6.07, 6.45) is 3.90. The maximum atomic E-state index is 12.7. The van der Waals surface area contributed by atoms with Crippen molar-refractivity contribution < 1.29 is 4.79 Å². The molecule has 5 heteroatoms. The molecule has 28 heavy (non-hydrogen) atoms. The van der Waals surface area contributed by atoms with E-state index in [-0.39, 0.29) is 5.91 Å². The average Bonchev–Trinajstić information content (AvgIpc) is 3.22. The van der Waals surface area contributed by atoms with Gasteiger partial charge in [0, 0.05) is 62.8 Å². The highest BCUT2D eigenvalue weighted by Crippen LogP contribution is 2.17. The van der Waals surface area contributed by atoms with Gasteiger partial charge in [-0.2, -0.15) is 0 Å². The van der Waals surface area contributed by atoms with E-state index in [0.717, 1.165) is 56.2 Å².